The van der Waals surface area contributed by atoms with Crippen molar-refractivity contribution in [2.75, 3.05) is 7.11 Å². The van der Waals surface area contributed by atoms with Crippen molar-refractivity contribution in [2.24, 2.45) is 10.9 Å². The number of ether oxygens (including phenoxy) is 2. The van der Waals surface area contributed by atoms with E-state index in [0.29, 0.717) is 18.1 Å². The number of hydrogen-bond donors (Lipinski definition) is 1. The lowest BCUT2D eigenvalue weighted by Gasteiger charge is -2.10. The van der Waals surface area contributed by atoms with Gasteiger partial charge in [0.2, 0.25) is 0 Å². The van der Waals surface area contributed by atoms with Gasteiger partial charge in [0, 0.05) is 6.20 Å². The van der Waals surface area contributed by atoms with Gasteiger partial charge in [-0.3, -0.25) is 0 Å². The summed E-state index contributed by atoms with van der Waals surface area (Å²) in [5.41, 5.74) is 1.59. The Morgan fingerprint density at radius 2 is 2.21 bits per heavy atom. The van der Waals surface area contributed by atoms with Crippen molar-refractivity contribution in [1.82, 2.24) is 10.2 Å². The van der Waals surface area contributed by atoms with Crippen LogP contribution < -0.4 is 15.3 Å². The molecular weight excluding hydrogens is 244 g/mol. The van der Waals surface area contributed by atoms with E-state index in [4.69, 9.17) is 15.3 Å². The van der Waals surface area contributed by atoms with Crippen LogP contribution in [0.15, 0.2) is 41.6 Å². The maximum Gasteiger partial charge on any atom is 0.161 e. The smallest absolute Gasteiger partial charge is 0.161 e. The van der Waals surface area contributed by atoms with E-state index in [9.17, 15) is 0 Å². The maximum atomic E-state index is 5.64. The number of aromatic nitrogens is 2. The lowest BCUT2D eigenvalue weighted by atomic mass is 10.2. The van der Waals surface area contributed by atoms with Crippen molar-refractivity contribution < 1.29 is 9.47 Å². The van der Waals surface area contributed by atoms with Crippen LogP contribution in [0, 0.1) is 0 Å². The van der Waals surface area contributed by atoms with Crippen molar-refractivity contribution >= 4 is 6.21 Å². The van der Waals surface area contributed by atoms with Crippen molar-refractivity contribution in [3.63, 3.8) is 0 Å². The Bertz CT molecular complexity index is 558. The third-order valence-electron chi connectivity index (χ3n) is 2.41. The molecule has 2 N–H and O–H groups in total. The molecule has 0 unspecified atom stereocenters. The molecule has 2 rings (SSSR count). The molecule has 2 aromatic rings. The first-order valence-corrected chi connectivity index (χ1v) is 5.64. The molecule has 0 aliphatic carbocycles. The number of hydrazone groups is 1. The molecule has 1 aromatic carbocycles. The second-order valence-electron chi connectivity index (χ2n) is 3.69. The SMILES string of the molecule is COc1cc(C=NN)ccc1OCc1cccnn1. The van der Waals surface area contributed by atoms with Crippen LogP contribution in [0.4, 0.5) is 0 Å². The molecule has 0 spiro atoms. The van der Waals surface area contributed by atoms with Crippen LogP contribution >= 0.6 is 0 Å². The summed E-state index contributed by atoms with van der Waals surface area (Å²) in [6, 6.07) is 9.08. The predicted molar refractivity (Wildman–Crippen MR) is 71.1 cm³/mol. The minimum atomic E-state index is 0.328. The highest BCUT2D eigenvalue weighted by molar-refractivity contribution is 5.80. The first kappa shape index (κ1) is 12.8. The fraction of sp³-hybridized carbons (Fsp3) is 0.154. The van der Waals surface area contributed by atoms with Crippen molar-refractivity contribution in [2.45, 2.75) is 6.61 Å². The molecule has 1 aromatic heterocycles. The number of nitrogens with zero attached hydrogens (tertiary/aromatic N) is 3. The average Bonchev–Trinajstić information content (AvgIpc) is 2.47. The lowest BCUT2D eigenvalue weighted by molar-refractivity contribution is 0.279. The number of rotatable bonds is 5. The summed E-state index contributed by atoms with van der Waals surface area (Å²) in [5.74, 6) is 6.35. The minimum Gasteiger partial charge on any atom is -0.493 e. The molecule has 0 bridgehead atoms. The van der Waals surface area contributed by atoms with Gasteiger partial charge in [-0.05, 0) is 35.9 Å². The normalized spacial score (nSPS) is 10.6. The van der Waals surface area contributed by atoms with E-state index in [2.05, 4.69) is 15.3 Å². The predicted octanol–water partition coefficient (Wildman–Crippen LogP) is 1.36. The number of methoxy groups -OCH3 is 1. The van der Waals surface area contributed by atoms with E-state index in [0.717, 1.165) is 11.3 Å². The van der Waals surface area contributed by atoms with Crippen molar-refractivity contribution in [3.8, 4) is 11.5 Å². The van der Waals surface area contributed by atoms with Gasteiger partial charge in [-0.15, -0.1) is 0 Å². The van der Waals surface area contributed by atoms with Crippen LogP contribution in [0.2, 0.25) is 0 Å². The molecule has 0 fully saturated rings. The average molecular weight is 258 g/mol. The number of hydrogen-bond acceptors (Lipinski definition) is 6. The van der Waals surface area contributed by atoms with Gasteiger partial charge >= 0.3 is 0 Å². The van der Waals surface area contributed by atoms with Crippen LogP contribution in [0.1, 0.15) is 11.3 Å². The zero-order valence-corrected chi connectivity index (χ0v) is 10.5. The Balaban J connectivity index is 2.11. The third kappa shape index (κ3) is 3.41. The van der Waals surface area contributed by atoms with Crippen LogP contribution in [-0.4, -0.2) is 23.5 Å². The molecule has 0 saturated carbocycles. The molecule has 6 heteroatoms. The topological polar surface area (TPSA) is 82.6 Å². The Labute approximate surface area is 110 Å². The minimum absolute atomic E-state index is 0.328. The van der Waals surface area contributed by atoms with E-state index in [-0.39, 0.29) is 0 Å². The van der Waals surface area contributed by atoms with Crippen LogP contribution in [0.3, 0.4) is 0 Å². The monoisotopic (exact) mass is 258 g/mol. The fourth-order valence-electron chi connectivity index (χ4n) is 1.53. The van der Waals surface area contributed by atoms with E-state index in [1.54, 1.807) is 25.4 Å². The first-order chi connectivity index (χ1) is 9.33. The molecule has 0 saturated heterocycles. The van der Waals surface area contributed by atoms with E-state index < -0.39 is 0 Å². The summed E-state index contributed by atoms with van der Waals surface area (Å²) in [6.07, 6.45) is 3.15. The van der Waals surface area contributed by atoms with Crippen LogP contribution in [-0.2, 0) is 6.61 Å². The van der Waals surface area contributed by atoms with Gasteiger partial charge in [0.1, 0.15) is 12.3 Å². The Morgan fingerprint density at radius 3 is 2.89 bits per heavy atom. The highest BCUT2D eigenvalue weighted by Crippen LogP contribution is 2.28. The molecule has 0 aliphatic heterocycles. The summed E-state index contributed by atoms with van der Waals surface area (Å²) >= 11 is 0. The van der Waals surface area contributed by atoms with Crippen molar-refractivity contribution in [1.29, 1.82) is 0 Å². The highest BCUT2D eigenvalue weighted by atomic mass is 16.5. The molecule has 0 amide bonds. The van der Waals surface area contributed by atoms with Gasteiger partial charge in [-0.2, -0.15) is 15.3 Å². The van der Waals surface area contributed by atoms with Gasteiger partial charge in [0.05, 0.1) is 13.3 Å². The molecule has 0 radical (unpaired) electrons. The van der Waals surface area contributed by atoms with Crippen LogP contribution in [0.25, 0.3) is 0 Å². The summed E-state index contributed by atoms with van der Waals surface area (Å²) in [7, 11) is 1.58. The zero-order chi connectivity index (χ0) is 13.5. The molecule has 1 heterocycles. The quantitative estimate of drug-likeness (QED) is 0.497. The highest BCUT2D eigenvalue weighted by Gasteiger charge is 2.06. The fourth-order valence-corrected chi connectivity index (χ4v) is 1.53. The van der Waals surface area contributed by atoms with Gasteiger partial charge in [0.15, 0.2) is 11.5 Å². The molecule has 19 heavy (non-hydrogen) atoms. The molecule has 98 valence electrons. The zero-order valence-electron chi connectivity index (χ0n) is 10.5. The number of nitrogens with two attached hydrogens (primary N) is 1. The Kier molecular flexibility index (Phi) is 4.28. The standard InChI is InChI=1S/C13H14N4O2/c1-18-13-7-10(8-15-14)4-5-12(13)19-9-11-3-2-6-16-17-11/h2-8H,9,14H2,1H3. The van der Waals surface area contributed by atoms with E-state index >= 15 is 0 Å². The maximum absolute atomic E-state index is 5.64. The van der Waals surface area contributed by atoms with Gasteiger partial charge in [-0.25, -0.2) is 0 Å². The summed E-state index contributed by atoms with van der Waals surface area (Å²) in [4.78, 5) is 0. The van der Waals surface area contributed by atoms with E-state index in [1.807, 2.05) is 18.2 Å². The Morgan fingerprint density at radius 1 is 1.32 bits per heavy atom. The first-order valence-electron chi connectivity index (χ1n) is 5.64. The lowest BCUT2D eigenvalue weighted by Crippen LogP contribution is -2.01. The Hall–Kier alpha value is -2.63. The summed E-state index contributed by atoms with van der Waals surface area (Å²) in [5, 5.41) is 11.2. The molecular formula is C13H14N4O2. The second kappa shape index (κ2) is 6.34. The van der Waals surface area contributed by atoms with Crippen molar-refractivity contribution in [3.05, 3.63) is 47.8 Å². The third-order valence-corrected chi connectivity index (χ3v) is 2.41. The summed E-state index contributed by atoms with van der Waals surface area (Å²) in [6.45, 7) is 0.328. The van der Waals surface area contributed by atoms with E-state index in [1.165, 1.54) is 6.21 Å². The van der Waals surface area contributed by atoms with Gasteiger partial charge in [0.25, 0.3) is 0 Å². The second-order valence-corrected chi connectivity index (χ2v) is 3.69. The van der Waals surface area contributed by atoms with Gasteiger partial charge < -0.3 is 15.3 Å². The van der Waals surface area contributed by atoms with Crippen LogP contribution in [0.5, 0.6) is 11.5 Å². The molecule has 0 atom stereocenters. The largest absolute Gasteiger partial charge is 0.493 e. The van der Waals surface area contributed by atoms with Gasteiger partial charge in [-0.1, -0.05) is 0 Å². The molecule has 0 aliphatic rings. The molecule has 6 nitrogen and oxygen atoms in total. The number of benzene rings is 1. The summed E-state index contributed by atoms with van der Waals surface area (Å²) < 4.78 is 10.9.